The summed E-state index contributed by atoms with van der Waals surface area (Å²) in [6.45, 7) is 6.55. The molecule has 1 N–H and O–H groups in total. The Morgan fingerprint density at radius 3 is 2.39 bits per heavy atom. The summed E-state index contributed by atoms with van der Waals surface area (Å²) in [4.78, 5) is 12.7. The van der Waals surface area contributed by atoms with Crippen LogP contribution in [0, 0.1) is 20.8 Å². The first kappa shape index (κ1) is 20.4. The van der Waals surface area contributed by atoms with E-state index in [4.69, 9.17) is 13.9 Å². The zero-order chi connectivity index (χ0) is 20.5. The lowest BCUT2D eigenvalue weighted by Crippen LogP contribution is -2.40. The molecule has 8 nitrogen and oxygen atoms in total. The molecule has 3 rings (SSSR count). The minimum Gasteiger partial charge on any atom is -0.495 e. The van der Waals surface area contributed by atoms with E-state index in [1.54, 1.807) is 19.9 Å². The van der Waals surface area contributed by atoms with Crippen molar-refractivity contribution in [1.82, 2.24) is 4.31 Å². The SMILES string of the molecule is COc1ccc(NC(=O)c2c(C)oc(C)c2C)cc1S(=O)(=O)N1CCOCC1. The molecule has 9 heteroatoms. The lowest BCUT2D eigenvalue weighted by Gasteiger charge is -2.26. The number of ether oxygens (including phenoxy) is 2. The molecule has 1 aliphatic rings. The quantitative estimate of drug-likeness (QED) is 0.816. The number of amides is 1. The Morgan fingerprint density at radius 2 is 1.82 bits per heavy atom. The van der Waals surface area contributed by atoms with Gasteiger partial charge in [0.05, 0.1) is 25.9 Å². The molecule has 1 aromatic carbocycles. The van der Waals surface area contributed by atoms with Crippen LogP contribution >= 0.6 is 0 Å². The highest BCUT2D eigenvalue weighted by Gasteiger charge is 2.30. The molecule has 1 amide bonds. The molecule has 1 aromatic heterocycles. The Hall–Kier alpha value is -2.36. The minimum absolute atomic E-state index is 0.00604. The van der Waals surface area contributed by atoms with Gasteiger partial charge in [-0.3, -0.25) is 4.79 Å². The van der Waals surface area contributed by atoms with Crippen LogP contribution in [0.3, 0.4) is 0 Å². The van der Waals surface area contributed by atoms with Gasteiger partial charge in [-0.05, 0) is 39.0 Å². The van der Waals surface area contributed by atoms with Crippen LogP contribution in [-0.4, -0.2) is 52.0 Å². The summed E-state index contributed by atoms with van der Waals surface area (Å²) in [5.74, 6) is 1.05. The van der Waals surface area contributed by atoms with E-state index in [2.05, 4.69) is 5.32 Å². The first-order valence-electron chi connectivity index (χ1n) is 8.89. The van der Waals surface area contributed by atoms with Crippen LogP contribution in [0.25, 0.3) is 0 Å². The van der Waals surface area contributed by atoms with Gasteiger partial charge in [-0.2, -0.15) is 4.31 Å². The molecule has 0 aliphatic carbocycles. The van der Waals surface area contributed by atoms with Gasteiger partial charge in [0.15, 0.2) is 0 Å². The van der Waals surface area contributed by atoms with Crippen molar-refractivity contribution in [3.8, 4) is 5.75 Å². The van der Waals surface area contributed by atoms with Gasteiger partial charge in [0.2, 0.25) is 10.0 Å². The third kappa shape index (κ3) is 3.78. The maximum Gasteiger partial charge on any atom is 0.259 e. The van der Waals surface area contributed by atoms with E-state index in [0.717, 1.165) is 5.56 Å². The summed E-state index contributed by atoms with van der Waals surface area (Å²) in [6.07, 6.45) is 0. The van der Waals surface area contributed by atoms with Crippen LogP contribution in [0.4, 0.5) is 5.69 Å². The lowest BCUT2D eigenvalue weighted by atomic mass is 10.1. The zero-order valence-corrected chi connectivity index (χ0v) is 17.2. The molecule has 0 saturated carbocycles. The second-order valence-corrected chi connectivity index (χ2v) is 8.46. The Morgan fingerprint density at radius 1 is 1.14 bits per heavy atom. The number of carbonyl (C=O) groups excluding carboxylic acids is 1. The summed E-state index contributed by atoms with van der Waals surface area (Å²) in [5, 5.41) is 2.76. The minimum atomic E-state index is -3.78. The van der Waals surface area contributed by atoms with Gasteiger partial charge in [-0.15, -0.1) is 0 Å². The number of nitrogens with zero attached hydrogens (tertiary/aromatic N) is 1. The maximum absolute atomic E-state index is 13.0. The van der Waals surface area contributed by atoms with Crippen molar-refractivity contribution >= 4 is 21.6 Å². The largest absolute Gasteiger partial charge is 0.495 e. The fraction of sp³-hybridized carbons (Fsp3) is 0.421. The number of sulfonamides is 1. The van der Waals surface area contributed by atoms with Crippen molar-refractivity contribution in [1.29, 1.82) is 0 Å². The second-order valence-electron chi connectivity index (χ2n) is 6.55. The zero-order valence-electron chi connectivity index (χ0n) is 16.4. The van der Waals surface area contributed by atoms with Gasteiger partial charge in [0, 0.05) is 24.3 Å². The predicted molar refractivity (Wildman–Crippen MR) is 103 cm³/mol. The first-order valence-corrected chi connectivity index (χ1v) is 10.3. The molecule has 0 bridgehead atoms. The number of aryl methyl sites for hydroxylation is 2. The first-order chi connectivity index (χ1) is 13.3. The average molecular weight is 408 g/mol. The number of hydrogen-bond donors (Lipinski definition) is 1. The molecular formula is C19H24N2O6S. The van der Waals surface area contributed by atoms with Gasteiger partial charge in [-0.25, -0.2) is 8.42 Å². The number of nitrogens with one attached hydrogen (secondary N) is 1. The fourth-order valence-corrected chi connectivity index (χ4v) is 4.79. The van der Waals surface area contributed by atoms with Crippen molar-refractivity contribution < 1.29 is 27.1 Å². The third-order valence-electron chi connectivity index (χ3n) is 4.80. The monoisotopic (exact) mass is 408 g/mol. The van der Waals surface area contributed by atoms with Crippen LogP contribution in [0.15, 0.2) is 27.5 Å². The molecular weight excluding hydrogens is 384 g/mol. The Kier molecular flexibility index (Phi) is 5.78. The number of carbonyl (C=O) groups is 1. The highest BCUT2D eigenvalue weighted by molar-refractivity contribution is 7.89. The molecule has 2 aromatic rings. The highest BCUT2D eigenvalue weighted by atomic mass is 32.2. The smallest absolute Gasteiger partial charge is 0.259 e. The second kappa shape index (κ2) is 7.94. The van der Waals surface area contributed by atoms with Gasteiger partial charge in [0.1, 0.15) is 22.2 Å². The van der Waals surface area contributed by atoms with Gasteiger partial charge < -0.3 is 19.2 Å². The Labute approximate surface area is 164 Å². The summed E-state index contributed by atoms with van der Waals surface area (Å²) in [7, 11) is -2.37. The predicted octanol–water partition coefficient (Wildman–Crippen LogP) is 2.49. The van der Waals surface area contributed by atoms with Crippen molar-refractivity contribution in [2.45, 2.75) is 25.7 Å². The van der Waals surface area contributed by atoms with E-state index in [-0.39, 0.29) is 29.6 Å². The van der Waals surface area contributed by atoms with E-state index in [1.165, 1.54) is 23.5 Å². The topological polar surface area (TPSA) is 98.1 Å². The van der Waals surface area contributed by atoms with Crippen molar-refractivity contribution in [2.75, 3.05) is 38.7 Å². The fourth-order valence-electron chi connectivity index (χ4n) is 3.20. The van der Waals surface area contributed by atoms with Gasteiger partial charge >= 0.3 is 0 Å². The molecule has 152 valence electrons. The standard InChI is InChI=1S/C19H24N2O6S/c1-12-13(2)27-14(3)18(12)19(22)20-15-5-6-16(25-4)17(11-15)28(23,24)21-7-9-26-10-8-21/h5-6,11H,7-10H2,1-4H3,(H,20,22). The summed E-state index contributed by atoms with van der Waals surface area (Å²) in [6, 6.07) is 4.55. The van der Waals surface area contributed by atoms with E-state index in [9.17, 15) is 13.2 Å². The van der Waals surface area contributed by atoms with Crippen LogP contribution in [0.2, 0.25) is 0 Å². The highest BCUT2D eigenvalue weighted by Crippen LogP contribution is 2.31. The van der Waals surface area contributed by atoms with E-state index < -0.39 is 10.0 Å². The molecule has 1 fully saturated rings. The molecule has 28 heavy (non-hydrogen) atoms. The van der Waals surface area contributed by atoms with Crippen LogP contribution in [0.5, 0.6) is 5.75 Å². The molecule has 0 atom stereocenters. The van der Waals surface area contributed by atoms with Crippen molar-refractivity contribution in [3.05, 3.63) is 40.8 Å². The lowest BCUT2D eigenvalue weighted by molar-refractivity contribution is 0.0729. The molecule has 1 aliphatic heterocycles. The van der Waals surface area contributed by atoms with E-state index in [1.807, 2.05) is 6.92 Å². The molecule has 1 saturated heterocycles. The molecule has 0 radical (unpaired) electrons. The summed E-state index contributed by atoms with van der Waals surface area (Å²) in [5.41, 5.74) is 1.56. The molecule has 2 heterocycles. The van der Waals surface area contributed by atoms with Crippen LogP contribution in [-0.2, 0) is 14.8 Å². The molecule has 0 unspecified atom stereocenters. The number of rotatable bonds is 5. The normalized spacial score (nSPS) is 15.4. The third-order valence-corrected chi connectivity index (χ3v) is 6.72. The van der Waals surface area contributed by atoms with Crippen molar-refractivity contribution in [2.24, 2.45) is 0 Å². The van der Waals surface area contributed by atoms with Crippen LogP contribution < -0.4 is 10.1 Å². The number of hydrogen-bond acceptors (Lipinski definition) is 6. The van der Waals surface area contributed by atoms with Gasteiger partial charge in [-0.1, -0.05) is 0 Å². The number of morpholine rings is 1. The number of benzene rings is 1. The summed E-state index contributed by atoms with van der Waals surface area (Å²) < 4.78 is 43.4. The van der Waals surface area contributed by atoms with Crippen LogP contribution in [0.1, 0.15) is 27.4 Å². The number of furan rings is 1. The number of anilines is 1. The van der Waals surface area contributed by atoms with Crippen molar-refractivity contribution in [3.63, 3.8) is 0 Å². The number of methoxy groups -OCH3 is 1. The van der Waals surface area contributed by atoms with E-state index in [0.29, 0.717) is 36.0 Å². The average Bonchev–Trinajstić information content (AvgIpc) is 2.94. The van der Waals surface area contributed by atoms with E-state index >= 15 is 0 Å². The summed E-state index contributed by atoms with van der Waals surface area (Å²) >= 11 is 0. The molecule has 0 spiro atoms. The Bertz CT molecular complexity index is 990. The Balaban J connectivity index is 1.93. The maximum atomic E-state index is 13.0. The van der Waals surface area contributed by atoms with Gasteiger partial charge in [0.25, 0.3) is 5.91 Å².